The average Bonchev–Trinajstić information content (AvgIpc) is 2.91. The van der Waals surface area contributed by atoms with Crippen molar-refractivity contribution >= 4 is 39.3 Å². The van der Waals surface area contributed by atoms with Crippen LogP contribution in [0.25, 0.3) is 16.9 Å². The Bertz CT molecular complexity index is 909. The second-order valence-electron chi connectivity index (χ2n) is 4.58. The maximum atomic E-state index is 14.2. The highest BCUT2D eigenvalue weighted by Crippen LogP contribution is 2.27. The Morgan fingerprint density at radius 2 is 2.05 bits per heavy atom. The molecule has 0 saturated carbocycles. The van der Waals surface area contributed by atoms with Crippen LogP contribution in [0.15, 0.2) is 16.6 Å². The molecule has 1 aromatic carbocycles. The summed E-state index contributed by atoms with van der Waals surface area (Å²) in [5, 5.41) is 4.36. The Morgan fingerprint density at radius 3 is 2.71 bits per heavy atom. The van der Waals surface area contributed by atoms with Crippen molar-refractivity contribution < 1.29 is 8.78 Å². The first-order valence-corrected chi connectivity index (χ1v) is 7.47. The van der Waals surface area contributed by atoms with Crippen molar-refractivity contribution in [3.63, 3.8) is 0 Å². The van der Waals surface area contributed by atoms with Gasteiger partial charge in [0.05, 0.1) is 15.9 Å². The molecule has 0 aliphatic heterocycles. The summed E-state index contributed by atoms with van der Waals surface area (Å²) in [5.41, 5.74) is 2.17. The summed E-state index contributed by atoms with van der Waals surface area (Å²) in [6.07, 6.45) is 0. The number of rotatable bonds is 2. The van der Waals surface area contributed by atoms with E-state index in [4.69, 9.17) is 12.2 Å². The lowest BCUT2D eigenvalue weighted by atomic mass is 10.3. The molecule has 0 atom stereocenters. The largest absolute Gasteiger partial charge is 0.327 e. The van der Waals surface area contributed by atoms with Crippen LogP contribution < -0.4 is 0 Å². The van der Waals surface area contributed by atoms with E-state index in [9.17, 15) is 8.78 Å². The van der Waals surface area contributed by atoms with Gasteiger partial charge < -0.3 is 4.98 Å². The minimum atomic E-state index is -0.568. The van der Waals surface area contributed by atoms with Crippen LogP contribution in [0.5, 0.6) is 0 Å². The van der Waals surface area contributed by atoms with Gasteiger partial charge in [0.15, 0.2) is 10.4 Å². The predicted molar refractivity (Wildman–Crippen MR) is 82.3 cm³/mol. The van der Waals surface area contributed by atoms with Crippen molar-refractivity contribution in [2.45, 2.75) is 20.4 Å². The molecular weight excluding hydrogens is 362 g/mol. The monoisotopic (exact) mass is 372 g/mol. The second-order valence-corrected chi connectivity index (χ2v) is 5.82. The van der Waals surface area contributed by atoms with Crippen molar-refractivity contribution in [1.29, 1.82) is 0 Å². The van der Waals surface area contributed by atoms with Gasteiger partial charge in [0.1, 0.15) is 17.2 Å². The number of hydrogen-bond donors (Lipinski definition) is 1. The molecule has 0 saturated heterocycles. The fourth-order valence-electron chi connectivity index (χ4n) is 2.33. The van der Waals surface area contributed by atoms with Gasteiger partial charge in [0.25, 0.3) is 0 Å². The number of aromatic nitrogens is 4. The summed E-state index contributed by atoms with van der Waals surface area (Å²) in [6, 6.07) is 2.20. The van der Waals surface area contributed by atoms with E-state index in [0.717, 1.165) is 23.3 Å². The number of hydrogen-bond acceptors (Lipinski definition) is 2. The third-order valence-electron chi connectivity index (χ3n) is 3.28. The molecule has 3 rings (SSSR count). The summed E-state index contributed by atoms with van der Waals surface area (Å²) >= 11 is 8.23. The van der Waals surface area contributed by atoms with Crippen LogP contribution in [0, 0.1) is 23.3 Å². The number of halogens is 3. The van der Waals surface area contributed by atoms with Crippen molar-refractivity contribution in [2.75, 3.05) is 0 Å². The summed E-state index contributed by atoms with van der Waals surface area (Å²) < 4.78 is 31.6. The molecule has 4 nitrogen and oxygen atoms in total. The Labute approximate surface area is 132 Å². The van der Waals surface area contributed by atoms with E-state index in [1.165, 1.54) is 4.57 Å². The number of nitrogens with one attached hydrogen (secondary N) is 1. The van der Waals surface area contributed by atoms with Crippen LogP contribution in [0.4, 0.5) is 8.78 Å². The lowest BCUT2D eigenvalue weighted by Crippen LogP contribution is -2.05. The van der Waals surface area contributed by atoms with E-state index in [1.807, 2.05) is 13.8 Å². The summed E-state index contributed by atoms with van der Waals surface area (Å²) in [6.45, 7) is 4.35. The van der Waals surface area contributed by atoms with E-state index in [1.54, 1.807) is 4.68 Å². The van der Waals surface area contributed by atoms with Crippen LogP contribution >= 0.6 is 28.1 Å². The van der Waals surface area contributed by atoms with Crippen molar-refractivity contribution in [3.8, 4) is 5.69 Å². The Hall–Kier alpha value is -1.54. The maximum absolute atomic E-state index is 14.2. The van der Waals surface area contributed by atoms with Crippen LogP contribution in [-0.2, 0) is 6.54 Å². The molecule has 1 N–H and O–H groups in total. The molecule has 21 heavy (non-hydrogen) atoms. The zero-order valence-electron chi connectivity index (χ0n) is 11.2. The molecule has 0 aliphatic rings. The van der Waals surface area contributed by atoms with Crippen LogP contribution in [0.1, 0.15) is 12.6 Å². The Kier molecular flexibility index (Phi) is 3.45. The Balaban J connectivity index is 2.43. The fourth-order valence-corrected chi connectivity index (χ4v) is 2.93. The molecule has 0 aliphatic carbocycles. The van der Waals surface area contributed by atoms with Gasteiger partial charge in [-0.25, -0.2) is 13.5 Å². The normalized spacial score (nSPS) is 11.5. The summed E-state index contributed by atoms with van der Waals surface area (Å²) in [4.78, 5) is 3.00. The van der Waals surface area contributed by atoms with Gasteiger partial charge in [0.2, 0.25) is 0 Å². The zero-order chi connectivity index (χ0) is 15.3. The van der Waals surface area contributed by atoms with E-state index in [0.29, 0.717) is 17.0 Å². The third kappa shape index (κ3) is 2.13. The number of H-pyrrole nitrogens is 1. The van der Waals surface area contributed by atoms with Crippen LogP contribution in [0.2, 0.25) is 0 Å². The second kappa shape index (κ2) is 5.03. The fraction of sp³-hybridized carbons (Fsp3) is 0.231. The van der Waals surface area contributed by atoms with Gasteiger partial charge in [-0.1, -0.05) is 0 Å². The SMILES string of the molecule is CCn1nc(C)c2[nH]c(=S)n(-c3cc(F)c(Br)cc3F)c21. The van der Waals surface area contributed by atoms with Gasteiger partial charge in [-0.3, -0.25) is 4.57 Å². The summed E-state index contributed by atoms with van der Waals surface area (Å²) in [7, 11) is 0. The highest BCUT2D eigenvalue weighted by Gasteiger charge is 2.18. The summed E-state index contributed by atoms with van der Waals surface area (Å²) in [5.74, 6) is -1.12. The van der Waals surface area contributed by atoms with Gasteiger partial charge in [-0.15, -0.1) is 0 Å². The minimum absolute atomic E-state index is 0.0570. The molecule has 0 spiro atoms. The standard InChI is InChI=1S/C13H11BrF2N4S/c1-3-19-12-11(6(2)18-19)17-13(21)20(12)10-5-8(15)7(14)4-9(10)16/h4-5H,3H2,1-2H3,(H,17,21). The number of aromatic amines is 1. The van der Waals surface area contributed by atoms with Crippen LogP contribution in [0.3, 0.4) is 0 Å². The molecule has 0 fully saturated rings. The topological polar surface area (TPSA) is 38.5 Å². The number of fused-ring (bicyclic) bond motifs is 1. The number of imidazole rings is 1. The van der Waals surface area contributed by atoms with Crippen molar-refractivity contribution in [1.82, 2.24) is 19.3 Å². The molecule has 0 amide bonds. The molecule has 0 radical (unpaired) electrons. The molecule has 8 heteroatoms. The Morgan fingerprint density at radius 1 is 1.33 bits per heavy atom. The number of aryl methyl sites for hydroxylation is 2. The number of benzene rings is 1. The first-order valence-electron chi connectivity index (χ1n) is 6.27. The average molecular weight is 373 g/mol. The maximum Gasteiger partial charge on any atom is 0.184 e. The minimum Gasteiger partial charge on any atom is -0.327 e. The van der Waals surface area contributed by atoms with E-state index in [2.05, 4.69) is 26.0 Å². The van der Waals surface area contributed by atoms with E-state index < -0.39 is 11.6 Å². The lowest BCUT2D eigenvalue weighted by Gasteiger charge is -2.08. The molecule has 110 valence electrons. The third-order valence-corrected chi connectivity index (χ3v) is 4.17. The first-order chi connectivity index (χ1) is 9.93. The van der Waals surface area contributed by atoms with E-state index >= 15 is 0 Å². The quantitative estimate of drug-likeness (QED) is 0.539. The van der Waals surface area contributed by atoms with Gasteiger partial charge in [-0.05, 0) is 48.1 Å². The van der Waals surface area contributed by atoms with Crippen LogP contribution in [-0.4, -0.2) is 19.3 Å². The van der Waals surface area contributed by atoms with Gasteiger partial charge in [-0.2, -0.15) is 5.10 Å². The van der Waals surface area contributed by atoms with Crippen molar-refractivity contribution in [3.05, 3.63) is 38.7 Å². The predicted octanol–water partition coefficient (Wildman–Crippen LogP) is 4.25. The molecule has 3 aromatic rings. The molecule has 2 aromatic heterocycles. The smallest absolute Gasteiger partial charge is 0.184 e. The number of nitrogens with zero attached hydrogens (tertiary/aromatic N) is 3. The van der Waals surface area contributed by atoms with Gasteiger partial charge >= 0.3 is 0 Å². The highest BCUT2D eigenvalue weighted by molar-refractivity contribution is 9.10. The highest BCUT2D eigenvalue weighted by atomic mass is 79.9. The van der Waals surface area contributed by atoms with E-state index in [-0.39, 0.29) is 10.2 Å². The van der Waals surface area contributed by atoms with Crippen molar-refractivity contribution in [2.24, 2.45) is 0 Å². The molecule has 2 heterocycles. The lowest BCUT2D eigenvalue weighted by molar-refractivity contribution is 0.585. The first kappa shape index (κ1) is 14.4. The van der Waals surface area contributed by atoms with Gasteiger partial charge in [0, 0.05) is 12.6 Å². The molecular formula is C13H11BrF2N4S. The zero-order valence-corrected chi connectivity index (χ0v) is 13.6. The molecule has 0 unspecified atom stereocenters. The molecule has 0 bridgehead atoms.